The summed E-state index contributed by atoms with van der Waals surface area (Å²) in [7, 11) is 0. The van der Waals surface area contributed by atoms with E-state index in [4.69, 9.17) is 5.73 Å². The molecule has 0 spiro atoms. The second kappa shape index (κ2) is 12.9. The quantitative estimate of drug-likeness (QED) is 0.334. The van der Waals surface area contributed by atoms with Crippen LogP contribution in [0.4, 0.5) is 0 Å². The largest absolute Gasteiger partial charge is 0.351 e. The molecule has 0 aromatic heterocycles. The Morgan fingerprint density at radius 1 is 0.780 bits per heavy atom. The molecule has 0 bridgehead atoms. The van der Waals surface area contributed by atoms with Crippen molar-refractivity contribution in [3.8, 4) is 0 Å². The van der Waals surface area contributed by atoms with E-state index in [0.29, 0.717) is 12.0 Å². The maximum absolute atomic E-state index is 13.7. The highest BCUT2D eigenvalue weighted by atomic mass is 16.2. The van der Waals surface area contributed by atoms with Crippen LogP contribution >= 0.6 is 0 Å². The van der Waals surface area contributed by atoms with Gasteiger partial charge in [-0.3, -0.25) is 19.2 Å². The van der Waals surface area contributed by atoms with Crippen molar-refractivity contribution < 1.29 is 19.2 Å². The summed E-state index contributed by atoms with van der Waals surface area (Å²) in [6.45, 7) is 0.488. The number of carbonyl (C=O) groups is 4. The van der Waals surface area contributed by atoms with Crippen LogP contribution in [-0.2, 0) is 40.2 Å². The number of hydrogen-bond acceptors (Lipinski definition) is 5. The maximum Gasteiger partial charge on any atom is 0.243 e. The van der Waals surface area contributed by atoms with Gasteiger partial charge in [0, 0.05) is 37.4 Å². The Labute approximate surface area is 240 Å². The van der Waals surface area contributed by atoms with Crippen LogP contribution in [0, 0.1) is 0 Å². The summed E-state index contributed by atoms with van der Waals surface area (Å²) in [5.74, 6) is -1.06. The Bertz CT molecular complexity index is 1400. The zero-order chi connectivity index (χ0) is 28.8. The summed E-state index contributed by atoms with van der Waals surface area (Å²) in [5, 5.41) is 5.99. The molecule has 0 radical (unpaired) electrons. The van der Waals surface area contributed by atoms with E-state index in [2.05, 4.69) is 22.8 Å². The second-order valence-corrected chi connectivity index (χ2v) is 10.8. The summed E-state index contributed by atoms with van der Waals surface area (Å²) in [6.07, 6.45) is 2.14. The lowest BCUT2D eigenvalue weighted by molar-refractivity contribution is -0.142. The predicted molar refractivity (Wildman–Crippen MR) is 156 cm³/mol. The summed E-state index contributed by atoms with van der Waals surface area (Å²) >= 11 is 0. The first-order valence-corrected chi connectivity index (χ1v) is 14.2. The number of nitrogens with one attached hydrogen (secondary N) is 2. The molecule has 41 heavy (non-hydrogen) atoms. The predicted octanol–water partition coefficient (Wildman–Crippen LogP) is 2.72. The topological polar surface area (TPSA) is 122 Å². The zero-order valence-electron chi connectivity index (χ0n) is 23.1. The van der Waals surface area contributed by atoms with Crippen molar-refractivity contribution in [3.63, 3.8) is 0 Å². The molecule has 1 aliphatic carbocycles. The van der Waals surface area contributed by atoms with Crippen molar-refractivity contribution in [1.29, 1.82) is 0 Å². The highest BCUT2D eigenvalue weighted by Crippen LogP contribution is 2.25. The molecule has 8 nitrogen and oxygen atoms in total. The van der Waals surface area contributed by atoms with Crippen molar-refractivity contribution in [2.45, 2.75) is 63.2 Å². The van der Waals surface area contributed by atoms with Gasteiger partial charge in [-0.2, -0.15) is 0 Å². The second-order valence-electron chi connectivity index (χ2n) is 10.8. The lowest BCUT2D eigenvalue weighted by Gasteiger charge is -2.37. The van der Waals surface area contributed by atoms with Gasteiger partial charge in [0.15, 0.2) is 5.78 Å². The first-order valence-electron chi connectivity index (χ1n) is 14.2. The summed E-state index contributed by atoms with van der Waals surface area (Å²) in [5.41, 5.74) is 10.8. The summed E-state index contributed by atoms with van der Waals surface area (Å²) in [6, 6.07) is 23.1. The van der Waals surface area contributed by atoms with Gasteiger partial charge in [0.05, 0.1) is 0 Å². The van der Waals surface area contributed by atoms with E-state index in [0.717, 1.165) is 24.0 Å². The number of ketones is 1. The highest BCUT2D eigenvalue weighted by molar-refractivity contribution is 5.98. The molecule has 3 aromatic rings. The minimum atomic E-state index is -0.815. The molecule has 8 heteroatoms. The van der Waals surface area contributed by atoms with Crippen LogP contribution in [0.25, 0.3) is 0 Å². The average Bonchev–Trinajstić information content (AvgIpc) is 3.41. The fraction of sp³-hybridized carbons (Fsp3) is 0.333. The smallest absolute Gasteiger partial charge is 0.243 e. The third-order valence-electron chi connectivity index (χ3n) is 8.02. The molecule has 1 aliphatic heterocycles. The van der Waals surface area contributed by atoms with Gasteiger partial charge in [0.25, 0.3) is 0 Å². The highest BCUT2D eigenvalue weighted by Gasteiger charge is 2.36. The number of amides is 3. The van der Waals surface area contributed by atoms with E-state index in [1.54, 1.807) is 29.2 Å². The van der Waals surface area contributed by atoms with E-state index >= 15 is 0 Å². The van der Waals surface area contributed by atoms with Crippen LogP contribution in [0.5, 0.6) is 0 Å². The van der Waals surface area contributed by atoms with Crippen molar-refractivity contribution in [3.05, 3.63) is 107 Å². The van der Waals surface area contributed by atoms with Crippen LogP contribution < -0.4 is 16.4 Å². The molecule has 212 valence electrons. The van der Waals surface area contributed by atoms with Gasteiger partial charge in [0.1, 0.15) is 12.1 Å². The van der Waals surface area contributed by atoms with Gasteiger partial charge in [-0.1, -0.05) is 78.9 Å². The zero-order valence-corrected chi connectivity index (χ0v) is 23.1. The van der Waals surface area contributed by atoms with Crippen molar-refractivity contribution in [1.82, 2.24) is 15.5 Å². The molecule has 0 saturated carbocycles. The van der Waals surface area contributed by atoms with Crippen LogP contribution in [0.15, 0.2) is 78.9 Å². The SMILES string of the molecule is NCC[C@H](NC(=O)[C@@H]1Cc2ccccc2CN1C(=O)CCC(=O)c1ccccc1)C(=O)NC1Cc2ccccc2C1. The molecule has 0 unspecified atom stereocenters. The van der Waals surface area contributed by atoms with Crippen LogP contribution in [0.1, 0.15) is 51.9 Å². The van der Waals surface area contributed by atoms with E-state index < -0.39 is 18.0 Å². The van der Waals surface area contributed by atoms with E-state index in [1.807, 2.05) is 42.5 Å². The lowest BCUT2D eigenvalue weighted by atomic mass is 9.92. The van der Waals surface area contributed by atoms with Crippen LogP contribution in [0.2, 0.25) is 0 Å². The monoisotopic (exact) mass is 552 g/mol. The Kier molecular flexibility index (Phi) is 8.89. The van der Waals surface area contributed by atoms with Crippen molar-refractivity contribution in [2.24, 2.45) is 5.73 Å². The molecule has 2 atom stereocenters. The van der Waals surface area contributed by atoms with Crippen molar-refractivity contribution in [2.75, 3.05) is 6.54 Å². The molecule has 5 rings (SSSR count). The molecular weight excluding hydrogens is 516 g/mol. The first-order chi connectivity index (χ1) is 19.9. The van der Waals surface area contributed by atoms with Crippen molar-refractivity contribution >= 4 is 23.5 Å². The normalized spacial score (nSPS) is 16.8. The first kappa shape index (κ1) is 28.2. The van der Waals surface area contributed by atoms with Gasteiger partial charge >= 0.3 is 0 Å². The van der Waals surface area contributed by atoms with Gasteiger partial charge in [0.2, 0.25) is 17.7 Å². The molecule has 4 N–H and O–H groups in total. The molecule has 0 saturated heterocycles. The number of nitrogens with zero attached hydrogens (tertiary/aromatic N) is 1. The minimum absolute atomic E-state index is 0.00533. The van der Waals surface area contributed by atoms with E-state index in [9.17, 15) is 19.2 Å². The van der Waals surface area contributed by atoms with Crippen LogP contribution in [-0.4, -0.2) is 53.1 Å². The Balaban J connectivity index is 1.26. The summed E-state index contributed by atoms with van der Waals surface area (Å²) in [4.78, 5) is 54.6. The number of carbonyl (C=O) groups excluding carboxylic acids is 4. The Hall–Kier alpha value is -4.30. The number of fused-ring (bicyclic) bond motifs is 2. The van der Waals surface area contributed by atoms with Gasteiger partial charge in [-0.15, -0.1) is 0 Å². The number of nitrogens with two attached hydrogens (primary N) is 1. The maximum atomic E-state index is 13.7. The Morgan fingerprint density at radius 3 is 2.00 bits per heavy atom. The molecule has 3 amide bonds. The average molecular weight is 553 g/mol. The number of hydrogen-bond donors (Lipinski definition) is 3. The third-order valence-corrected chi connectivity index (χ3v) is 8.02. The van der Waals surface area contributed by atoms with E-state index in [-0.39, 0.29) is 56.0 Å². The fourth-order valence-electron chi connectivity index (χ4n) is 5.82. The fourth-order valence-corrected chi connectivity index (χ4v) is 5.82. The molecule has 1 heterocycles. The van der Waals surface area contributed by atoms with Gasteiger partial charge in [-0.05, 0) is 48.1 Å². The molecule has 0 fully saturated rings. The molecular formula is C33H36N4O4. The third kappa shape index (κ3) is 6.72. The number of rotatable bonds is 10. The molecule has 3 aromatic carbocycles. The van der Waals surface area contributed by atoms with Gasteiger partial charge < -0.3 is 21.3 Å². The molecule has 2 aliphatic rings. The standard InChI is InChI=1S/C33H36N4O4/c34-17-16-28(32(40)35-27-18-23-10-4-5-11-24(23)19-27)36-33(41)29-20-25-12-6-7-13-26(25)21-37(29)31(39)15-14-30(38)22-8-2-1-3-9-22/h1-13,27-29H,14-21,34H2,(H,35,40)(H,36,41)/t28-,29-/m0/s1. The van der Waals surface area contributed by atoms with Crippen LogP contribution in [0.3, 0.4) is 0 Å². The summed E-state index contributed by atoms with van der Waals surface area (Å²) < 4.78 is 0. The number of benzene rings is 3. The minimum Gasteiger partial charge on any atom is -0.351 e. The number of Topliss-reactive ketones (excluding diaryl/α,β-unsaturated/α-hetero) is 1. The lowest BCUT2D eigenvalue weighted by Crippen LogP contribution is -2.57. The van der Waals surface area contributed by atoms with Gasteiger partial charge in [-0.25, -0.2) is 0 Å². The Morgan fingerprint density at radius 2 is 1.37 bits per heavy atom. The van der Waals surface area contributed by atoms with E-state index in [1.165, 1.54) is 11.1 Å².